The van der Waals surface area contributed by atoms with Crippen molar-refractivity contribution in [3.8, 4) is 0 Å². The van der Waals surface area contributed by atoms with Crippen LogP contribution in [0.4, 0.5) is 0 Å². The number of carbonyl (C=O) groups excluding carboxylic acids is 1. The lowest BCUT2D eigenvalue weighted by molar-refractivity contribution is -0.302. The molecule has 0 spiro atoms. The third-order valence-corrected chi connectivity index (χ3v) is 13.9. The Morgan fingerprint density at radius 2 is 1.61 bits per heavy atom. The lowest BCUT2D eigenvalue weighted by Crippen LogP contribution is -2.73. The molecule has 6 nitrogen and oxygen atoms in total. The molecule has 218 valence electrons. The van der Waals surface area contributed by atoms with Crippen molar-refractivity contribution in [2.24, 2.45) is 63.6 Å². The number of hydrogen-bond acceptors (Lipinski definition) is 6. The molecule has 0 aromatic heterocycles. The molecule has 0 aromatic rings. The number of aliphatic hydroxyl groups excluding tert-OH is 3. The van der Waals surface area contributed by atoms with Gasteiger partial charge in [0.1, 0.15) is 6.10 Å². The van der Waals surface area contributed by atoms with Gasteiger partial charge in [-0.3, -0.25) is 4.79 Å². The van der Waals surface area contributed by atoms with Crippen LogP contribution >= 0.6 is 0 Å². The Labute approximate surface area is 229 Å². The van der Waals surface area contributed by atoms with Gasteiger partial charge in [-0.05, 0) is 91.3 Å². The van der Waals surface area contributed by atoms with Gasteiger partial charge in [0.05, 0.1) is 23.9 Å². The molecule has 4 N–H and O–H groups in total. The minimum atomic E-state index is -1.46. The van der Waals surface area contributed by atoms with Crippen LogP contribution in [0.2, 0.25) is 0 Å². The van der Waals surface area contributed by atoms with Crippen molar-refractivity contribution in [2.75, 3.05) is 0 Å². The van der Waals surface area contributed by atoms with Crippen LogP contribution in [-0.2, 0) is 9.53 Å². The van der Waals surface area contributed by atoms with Crippen molar-refractivity contribution in [1.82, 2.24) is 0 Å². The number of aliphatic hydroxyl groups is 4. The van der Waals surface area contributed by atoms with E-state index in [-0.39, 0.29) is 30.1 Å². The zero-order valence-electron chi connectivity index (χ0n) is 25.0. The van der Waals surface area contributed by atoms with E-state index in [9.17, 15) is 25.2 Å². The van der Waals surface area contributed by atoms with Gasteiger partial charge in [-0.1, -0.05) is 48.5 Å². The first kappa shape index (κ1) is 28.8. The second kappa shape index (κ2) is 9.16. The van der Waals surface area contributed by atoms with Gasteiger partial charge < -0.3 is 25.2 Å². The summed E-state index contributed by atoms with van der Waals surface area (Å²) in [5.41, 5.74) is -2.30. The Bertz CT molecular complexity index is 937. The summed E-state index contributed by atoms with van der Waals surface area (Å²) in [6, 6.07) is 0. The SMILES string of the molecule is CC(=O)O[C@@H]1C(O)C2C(C[C@@H](O)C3(O)C[C@@H](O)CC[C@]23C)C2CC[C@H](C(C)[C@H]3C[C@]3(C)C(C)C(C)C)[C@]21C. The standard InChI is InChI=1S/C32H54O6/c1-16(2)18(4)29(6)15-24(29)17(3)22-9-10-23-21-13-25(35)32(37)14-20(34)11-12-30(32,7)26(21)27(36)28(31(22,23)8)38-19(5)33/h16-18,20-28,34-37H,9-15H2,1-8H3/t17?,18?,20-,21?,22+,23?,24+,25+,26?,27?,28+,29+,30+,31+,32?/m0/s1. The van der Waals surface area contributed by atoms with Gasteiger partial charge in [-0.2, -0.15) is 0 Å². The van der Waals surface area contributed by atoms with Gasteiger partial charge in [-0.25, -0.2) is 0 Å². The van der Waals surface area contributed by atoms with Gasteiger partial charge in [-0.15, -0.1) is 0 Å². The fourth-order valence-electron chi connectivity index (χ4n) is 11.3. The Morgan fingerprint density at radius 3 is 2.21 bits per heavy atom. The molecular formula is C32H54O6. The molecule has 0 amide bonds. The van der Waals surface area contributed by atoms with E-state index in [1.807, 2.05) is 6.92 Å². The van der Waals surface area contributed by atoms with Crippen LogP contribution in [0.25, 0.3) is 0 Å². The minimum absolute atomic E-state index is 0.0368. The molecule has 0 aliphatic heterocycles. The molecule has 5 saturated carbocycles. The summed E-state index contributed by atoms with van der Waals surface area (Å²) in [4.78, 5) is 12.5. The van der Waals surface area contributed by atoms with E-state index in [1.165, 1.54) is 13.3 Å². The number of fused-ring (bicyclic) bond motifs is 5. The quantitative estimate of drug-likeness (QED) is 0.385. The first-order valence-corrected chi connectivity index (χ1v) is 15.5. The molecule has 0 radical (unpaired) electrons. The molecule has 0 saturated heterocycles. The summed E-state index contributed by atoms with van der Waals surface area (Å²) in [7, 11) is 0. The third kappa shape index (κ3) is 3.75. The van der Waals surface area contributed by atoms with Gasteiger partial charge >= 0.3 is 5.97 Å². The van der Waals surface area contributed by atoms with E-state index in [0.29, 0.717) is 54.3 Å². The zero-order chi connectivity index (χ0) is 28.2. The summed E-state index contributed by atoms with van der Waals surface area (Å²) in [6.07, 6.45) is 1.69. The number of carbonyl (C=O) groups is 1. The highest BCUT2D eigenvalue weighted by molar-refractivity contribution is 5.66. The van der Waals surface area contributed by atoms with Crippen LogP contribution in [0.3, 0.4) is 0 Å². The first-order chi connectivity index (χ1) is 17.5. The summed E-state index contributed by atoms with van der Waals surface area (Å²) in [5.74, 6) is 2.22. The summed E-state index contributed by atoms with van der Waals surface area (Å²) in [5, 5.41) is 45.9. The fourth-order valence-corrected chi connectivity index (χ4v) is 11.3. The largest absolute Gasteiger partial charge is 0.459 e. The second-order valence-corrected chi connectivity index (χ2v) is 15.6. The van der Waals surface area contributed by atoms with E-state index in [2.05, 4.69) is 41.5 Å². The molecule has 5 rings (SSSR count). The smallest absolute Gasteiger partial charge is 0.303 e. The first-order valence-electron chi connectivity index (χ1n) is 15.5. The fraction of sp³-hybridized carbons (Fsp3) is 0.969. The van der Waals surface area contributed by atoms with Crippen molar-refractivity contribution in [3.05, 3.63) is 0 Å². The van der Waals surface area contributed by atoms with Crippen molar-refractivity contribution >= 4 is 5.97 Å². The minimum Gasteiger partial charge on any atom is -0.459 e. The molecule has 7 unspecified atom stereocenters. The molecule has 0 aromatic carbocycles. The van der Waals surface area contributed by atoms with Gasteiger partial charge in [0, 0.05) is 24.2 Å². The Morgan fingerprint density at radius 1 is 0.947 bits per heavy atom. The maximum Gasteiger partial charge on any atom is 0.303 e. The molecule has 15 atom stereocenters. The van der Waals surface area contributed by atoms with E-state index in [4.69, 9.17) is 4.74 Å². The predicted octanol–water partition coefficient (Wildman–Crippen LogP) is 4.56. The monoisotopic (exact) mass is 534 g/mol. The molecule has 0 bridgehead atoms. The number of rotatable bonds is 5. The second-order valence-electron chi connectivity index (χ2n) is 15.6. The average Bonchev–Trinajstić information content (AvgIpc) is 3.39. The van der Waals surface area contributed by atoms with E-state index in [0.717, 1.165) is 12.8 Å². The van der Waals surface area contributed by atoms with Crippen molar-refractivity contribution in [2.45, 2.75) is 130 Å². The van der Waals surface area contributed by atoms with Crippen LogP contribution in [0.1, 0.15) is 100 Å². The topological polar surface area (TPSA) is 107 Å². The summed E-state index contributed by atoms with van der Waals surface area (Å²) >= 11 is 0. The maximum absolute atomic E-state index is 12.5. The number of hydrogen-bond donors (Lipinski definition) is 4. The van der Waals surface area contributed by atoms with E-state index in [1.54, 1.807) is 0 Å². The Balaban J connectivity index is 1.52. The van der Waals surface area contributed by atoms with Crippen molar-refractivity contribution in [3.63, 3.8) is 0 Å². The molecule has 5 fully saturated rings. The lowest BCUT2D eigenvalue weighted by atomic mass is 9.41. The Kier molecular flexibility index (Phi) is 6.95. The predicted molar refractivity (Wildman–Crippen MR) is 146 cm³/mol. The van der Waals surface area contributed by atoms with Crippen LogP contribution in [0.5, 0.6) is 0 Å². The summed E-state index contributed by atoms with van der Waals surface area (Å²) in [6.45, 7) is 17.5. The normalized spacial score (nSPS) is 55.4. The van der Waals surface area contributed by atoms with E-state index < -0.39 is 40.8 Å². The number of esters is 1. The van der Waals surface area contributed by atoms with Gasteiger partial charge in [0.25, 0.3) is 0 Å². The van der Waals surface area contributed by atoms with E-state index >= 15 is 0 Å². The van der Waals surface area contributed by atoms with Crippen LogP contribution in [-0.4, -0.2) is 56.4 Å². The summed E-state index contributed by atoms with van der Waals surface area (Å²) < 4.78 is 6.11. The zero-order valence-corrected chi connectivity index (χ0v) is 25.0. The molecule has 38 heavy (non-hydrogen) atoms. The van der Waals surface area contributed by atoms with Crippen LogP contribution < -0.4 is 0 Å². The molecular weight excluding hydrogens is 480 g/mol. The Hall–Kier alpha value is -0.690. The molecule has 6 heteroatoms. The number of ether oxygens (including phenoxy) is 1. The van der Waals surface area contributed by atoms with Crippen molar-refractivity contribution in [1.29, 1.82) is 0 Å². The van der Waals surface area contributed by atoms with Gasteiger partial charge in [0.15, 0.2) is 0 Å². The lowest BCUT2D eigenvalue weighted by Gasteiger charge is -2.67. The van der Waals surface area contributed by atoms with Crippen molar-refractivity contribution < 1.29 is 30.0 Å². The average molecular weight is 535 g/mol. The highest BCUT2D eigenvalue weighted by Crippen LogP contribution is 2.72. The molecule has 5 aliphatic carbocycles. The maximum atomic E-state index is 12.5. The highest BCUT2D eigenvalue weighted by Gasteiger charge is 2.73. The van der Waals surface area contributed by atoms with Crippen LogP contribution in [0, 0.1) is 63.6 Å². The molecule has 0 heterocycles. The molecule has 5 aliphatic rings. The van der Waals surface area contributed by atoms with Gasteiger partial charge in [0.2, 0.25) is 0 Å². The van der Waals surface area contributed by atoms with Crippen LogP contribution in [0.15, 0.2) is 0 Å². The third-order valence-electron chi connectivity index (χ3n) is 13.9. The highest BCUT2D eigenvalue weighted by atomic mass is 16.6.